The van der Waals surface area contributed by atoms with Gasteiger partial charge in [0.25, 0.3) is 5.91 Å². The summed E-state index contributed by atoms with van der Waals surface area (Å²) in [6, 6.07) is 22.3. The number of hydrogen-bond acceptors (Lipinski definition) is 6. The van der Waals surface area contributed by atoms with Gasteiger partial charge >= 0.3 is 0 Å². The monoisotopic (exact) mass is 504 g/mol. The van der Waals surface area contributed by atoms with Gasteiger partial charge in [-0.05, 0) is 60.6 Å². The highest BCUT2D eigenvalue weighted by Crippen LogP contribution is 2.28. The maximum absolute atomic E-state index is 12.7. The van der Waals surface area contributed by atoms with Crippen LogP contribution in [-0.4, -0.2) is 21.9 Å². The third kappa shape index (κ3) is 6.84. The van der Waals surface area contributed by atoms with Gasteiger partial charge in [0, 0.05) is 17.7 Å². The van der Waals surface area contributed by atoms with E-state index in [-0.39, 0.29) is 16.9 Å². The minimum Gasteiger partial charge on any atom is -0.489 e. The van der Waals surface area contributed by atoms with Crippen LogP contribution in [0, 0.1) is 0 Å². The predicted octanol–water partition coefficient (Wildman–Crippen LogP) is 5.74. The van der Waals surface area contributed by atoms with Crippen LogP contribution in [0.4, 0.5) is 10.8 Å². The van der Waals surface area contributed by atoms with Crippen molar-refractivity contribution in [2.45, 2.75) is 26.4 Å². The molecule has 178 valence electrons. The molecule has 1 aromatic heterocycles. The standard InChI is InChI=1S/C26H24N4O3S2/c1-2-7-23(31)29-26-28-21-13-12-19(15-22(21)35-26)27-25(34)30-24(32)18-10-6-11-20(14-18)33-16-17-8-4-3-5-9-17/h3-6,8-15H,2,7,16H2,1H3,(H,28,29,31)(H2,27,30,32,34). The molecule has 7 nitrogen and oxygen atoms in total. The van der Waals surface area contributed by atoms with Crippen molar-refractivity contribution in [1.82, 2.24) is 10.3 Å². The number of amides is 2. The summed E-state index contributed by atoms with van der Waals surface area (Å²) in [5.41, 5.74) is 2.96. The molecule has 4 rings (SSSR count). The molecular formula is C26H24N4O3S2. The van der Waals surface area contributed by atoms with Crippen molar-refractivity contribution in [2.75, 3.05) is 10.6 Å². The van der Waals surface area contributed by atoms with Crippen LogP contribution in [0.2, 0.25) is 0 Å². The molecule has 1 heterocycles. The van der Waals surface area contributed by atoms with Crippen molar-refractivity contribution in [1.29, 1.82) is 0 Å². The Labute approximate surface area is 212 Å². The van der Waals surface area contributed by atoms with E-state index in [1.54, 1.807) is 24.3 Å². The van der Waals surface area contributed by atoms with Crippen LogP contribution in [0.15, 0.2) is 72.8 Å². The van der Waals surface area contributed by atoms with Crippen molar-refractivity contribution in [2.24, 2.45) is 0 Å². The number of anilines is 2. The van der Waals surface area contributed by atoms with Crippen LogP contribution in [-0.2, 0) is 11.4 Å². The number of carbonyl (C=O) groups is 2. The zero-order valence-corrected chi connectivity index (χ0v) is 20.7. The first kappa shape index (κ1) is 24.3. The van der Waals surface area contributed by atoms with E-state index < -0.39 is 0 Å². The minimum absolute atomic E-state index is 0.0525. The Balaban J connectivity index is 1.34. The highest BCUT2D eigenvalue weighted by atomic mass is 32.1. The van der Waals surface area contributed by atoms with Crippen molar-refractivity contribution in [3.8, 4) is 5.75 Å². The van der Waals surface area contributed by atoms with Gasteiger partial charge in [-0.3, -0.25) is 14.9 Å². The predicted molar refractivity (Wildman–Crippen MR) is 144 cm³/mol. The van der Waals surface area contributed by atoms with Gasteiger partial charge in [0.15, 0.2) is 10.2 Å². The maximum atomic E-state index is 12.7. The molecule has 9 heteroatoms. The summed E-state index contributed by atoms with van der Waals surface area (Å²) in [5, 5.41) is 9.26. The van der Waals surface area contributed by atoms with Gasteiger partial charge in [-0.2, -0.15) is 0 Å². The molecule has 0 atom stereocenters. The number of thiocarbonyl (C=S) groups is 1. The Morgan fingerprint density at radius 3 is 2.63 bits per heavy atom. The fourth-order valence-corrected chi connectivity index (χ4v) is 4.40. The summed E-state index contributed by atoms with van der Waals surface area (Å²) in [5.74, 6) is 0.202. The van der Waals surface area contributed by atoms with Crippen LogP contribution >= 0.6 is 23.6 Å². The molecule has 35 heavy (non-hydrogen) atoms. The first-order valence-corrected chi connectivity index (χ1v) is 12.3. The van der Waals surface area contributed by atoms with Gasteiger partial charge in [0.05, 0.1) is 10.2 Å². The zero-order chi connectivity index (χ0) is 24.6. The first-order chi connectivity index (χ1) is 17.0. The van der Waals surface area contributed by atoms with Crippen LogP contribution in [0.5, 0.6) is 5.75 Å². The lowest BCUT2D eigenvalue weighted by Gasteiger charge is -2.11. The average molecular weight is 505 g/mol. The fourth-order valence-electron chi connectivity index (χ4n) is 3.27. The first-order valence-electron chi connectivity index (χ1n) is 11.1. The molecule has 0 unspecified atom stereocenters. The minimum atomic E-state index is -0.340. The third-order valence-corrected chi connectivity index (χ3v) is 6.08. The second-order valence-corrected chi connectivity index (χ2v) is 9.15. The lowest BCUT2D eigenvalue weighted by molar-refractivity contribution is -0.116. The average Bonchev–Trinajstić information content (AvgIpc) is 3.25. The van der Waals surface area contributed by atoms with Gasteiger partial charge in [0.1, 0.15) is 12.4 Å². The molecule has 0 aliphatic rings. The molecule has 0 fully saturated rings. The number of nitrogens with one attached hydrogen (secondary N) is 3. The topological polar surface area (TPSA) is 92.4 Å². The molecule has 0 aliphatic heterocycles. The summed E-state index contributed by atoms with van der Waals surface area (Å²) in [6.07, 6.45) is 1.23. The molecular weight excluding hydrogens is 480 g/mol. The van der Waals surface area contributed by atoms with Crippen LogP contribution in [0.25, 0.3) is 10.2 Å². The summed E-state index contributed by atoms with van der Waals surface area (Å²) in [6.45, 7) is 2.37. The number of aromatic nitrogens is 1. The molecule has 0 aliphatic carbocycles. The van der Waals surface area contributed by atoms with Crippen molar-refractivity contribution < 1.29 is 14.3 Å². The van der Waals surface area contributed by atoms with Crippen molar-refractivity contribution in [3.05, 3.63) is 83.9 Å². The Kier molecular flexibility index (Phi) is 8.02. The van der Waals surface area contributed by atoms with E-state index in [4.69, 9.17) is 17.0 Å². The summed E-state index contributed by atoms with van der Waals surface area (Å²) < 4.78 is 6.69. The summed E-state index contributed by atoms with van der Waals surface area (Å²) >= 11 is 6.71. The molecule has 3 N–H and O–H groups in total. The number of carbonyl (C=O) groups excluding carboxylic acids is 2. The van der Waals surface area contributed by atoms with Gasteiger partial charge in [-0.15, -0.1) is 0 Å². The van der Waals surface area contributed by atoms with Gasteiger partial charge in [-0.1, -0.05) is 54.7 Å². The van der Waals surface area contributed by atoms with Crippen LogP contribution < -0.4 is 20.7 Å². The van der Waals surface area contributed by atoms with Crippen LogP contribution in [0.3, 0.4) is 0 Å². The van der Waals surface area contributed by atoms with E-state index in [1.165, 1.54) is 11.3 Å². The number of hydrogen-bond donors (Lipinski definition) is 3. The molecule has 3 aromatic carbocycles. The Hall–Kier alpha value is -3.82. The number of nitrogens with zero attached hydrogens (tertiary/aromatic N) is 1. The van der Waals surface area contributed by atoms with Crippen molar-refractivity contribution in [3.63, 3.8) is 0 Å². The largest absolute Gasteiger partial charge is 0.489 e. The summed E-state index contributed by atoms with van der Waals surface area (Å²) in [4.78, 5) is 29.0. The van der Waals surface area contributed by atoms with Gasteiger partial charge in [-0.25, -0.2) is 4.98 Å². The molecule has 0 bridgehead atoms. The smallest absolute Gasteiger partial charge is 0.257 e. The lowest BCUT2D eigenvalue weighted by atomic mass is 10.2. The van der Waals surface area contributed by atoms with Crippen LogP contribution in [0.1, 0.15) is 35.7 Å². The lowest BCUT2D eigenvalue weighted by Crippen LogP contribution is -2.34. The number of thiazole rings is 1. The number of ether oxygens (including phenoxy) is 1. The zero-order valence-electron chi connectivity index (χ0n) is 19.0. The number of fused-ring (bicyclic) bond motifs is 1. The van der Waals surface area contributed by atoms with E-state index in [0.29, 0.717) is 35.2 Å². The molecule has 0 saturated heterocycles. The molecule has 0 radical (unpaired) electrons. The van der Waals surface area contributed by atoms with Gasteiger partial charge < -0.3 is 15.4 Å². The fraction of sp³-hybridized carbons (Fsp3) is 0.154. The maximum Gasteiger partial charge on any atom is 0.257 e. The van der Waals surface area contributed by atoms with E-state index >= 15 is 0 Å². The number of rotatable bonds is 8. The van der Waals surface area contributed by atoms with Gasteiger partial charge in [0.2, 0.25) is 5.91 Å². The number of benzene rings is 3. The van der Waals surface area contributed by atoms with E-state index in [0.717, 1.165) is 22.2 Å². The van der Waals surface area contributed by atoms with E-state index in [9.17, 15) is 9.59 Å². The molecule has 0 saturated carbocycles. The Morgan fingerprint density at radius 2 is 1.83 bits per heavy atom. The SMILES string of the molecule is CCCC(=O)Nc1nc2ccc(NC(=S)NC(=O)c3cccc(OCc4ccccc4)c3)cc2s1. The quantitative estimate of drug-likeness (QED) is 0.265. The Morgan fingerprint density at radius 1 is 1.00 bits per heavy atom. The van der Waals surface area contributed by atoms with Crippen molar-refractivity contribution >= 4 is 61.5 Å². The van der Waals surface area contributed by atoms with E-state index in [2.05, 4.69) is 20.9 Å². The normalized spacial score (nSPS) is 10.5. The molecule has 0 spiro atoms. The molecule has 4 aromatic rings. The highest BCUT2D eigenvalue weighted by Gasteiger charge is 2.11. The molecule has 2 amide bonds. The van der Waals surface area contributed by atoms with E-state index in [1.807, 2.05) is 55.5 Å². The second-order valence-electron chi connectivity index (χ2n) is 7.71. The second kappa shape index (κ2) is 11.5. The Bertz CT molecular complexity index is 1360. The highest BCUT2D eigenvalue weighted by molar-refractivity contribution is 7.80. The third-order valence-electron chi connectivity index (χ3n) is 4.94. The summed E-state index contributed by atoms with van der Waals surface area (Å²) in [7, 11) is 0.